The normalized spacial score (nSPS) is 17.6. The highest BCUT2D eigenvalue weighted by molar-refractivity contribution is 5.64. The minimum atomic E-state index is -0.237. The maximum absolute atomic E-state index is 13.6. The van der Waals surface area contributed by atoms with Gasteiger partial charge in [0.05, 0.1) is 6.20 Å². The van der Waals surface area contributed by atoms with Crippen LogP contribution >= 0.6 is 0 Å². The molecule has 4 heterocycles. The van der Waals surface area contributed by atoms with Crippen molar-refractivity contribution in [3.63, 3.8) is 0 Å². The molecule has 0 saturated carbocycles. The Kier molecular flexibility index (Phi) is 5.04. The minimum absolute atomic E-state index is 0.237. The van der Waals surface area contributed by atoms with Crippen molar-refractivity contribution in [2.45, 2.75) is 38.8 Å². The van der Waals surface area contributed by atoms with Crippen LogP contribution in [-0.2, 0) is 13.1 Å². The molecule has 0 radical (unpaired) electrons. The van der Waals surface area contributed by atoms with Gasteiger partial charge in [-0.1, -0.05) is 12.1 Å². The van der Waals surface area contributed by atoms with E-state index in [1.807, 2.05) is 39.8 Å². The molecule has 0 unspecified atom stereocenters. The molecule has 3 aromatic heterocycles. The Labute approximate surface area is 175 Å². The van der Waals surface area contributed by atoms with Crippen LogP contribution in [0.2, 0.25) is 0 Å². The molecular formula is C23H25FN6. The van der Waals surface area contributed by atoms with Gasteiger partial charge in [-0.15, -0.1) is 0 Å². The largest absolute Gasteiger partial charge is 0.298 e. The molecule has 1 fully saturated rings. The molecule has 5 rings (SSSR count). The number of hydrogen-bond donors (Lipinski definition) is 0. The molecular weight excluding hydrogens is 379 g/mol. The zero-order chi connectivity index (χ0) is 20.5. The number of aryl methyl sites for hydroxylation is 1. The number of rotatable bonds is 5. The van der Waals surface area contributed by atoms with Crippen LogP contribution in [0.3, 0.4) is 0 Å². The molecule has 0 bridgehead atoms. The van der Waals surface area contributed by atoms with Gasteiger partial charge >= 0.3 is 0 Å². The average Bonchev–Trinajstić information content (AvgIpc) is 3.40. The summed E-state index contributed by atoms with van der Waals surface area (Å²) in [7, 11) is 0. The third-order valence-electron chi connectivity index (χ3n) is 5.79. The van der Waals surface area contributed by atoms with Gasteiger partial charge in [0.1, 0.15) is 5.82 Å². The number of halogens is 1. The molecule has 0 spiro atoms. The minimum Gasteiger partial charge on any atom is -0.298 e. The standard InChI is InChI=1S/C23H25FN6/c1-2-29-14-17(12-25-29)13-28-10-4-6-20(15-28)23-26-22-9-8-19(16-30(22)27-23)18-5-3-7-21(24)11-18/h3,5,7-9,11-12,14,16,20H,2,4,6,10,13,15H2,1H3/t20-/m1/s1. The van der Waals surface area contributed by atoms with E-state index in [9.17, 15) is 4.39 Å². The molecule has 1 aliphatic rings. The van der Waals surface area contributed by atoms with Crippen LogP contribution in [-0.4, -0.2) is 42.4 Å². The molecule has 4 aromatic rings. The lowest BCUT2D eigenvalue weighted by Crippen LogP contribution is -2.34. The van der Waals surface area contributed by atoms with Crippen molar-refractivity contribution in [2.75, 3.05) is 13.1 Å². The van der Waals surface area contributed by atoms with Crippen molar-refractivity contribution in [3.8, 4) is 11.1 Å². The van der Waals surface area contributed by atoms with E-state index in [1.165, 1.54) is 11.6 Å². The molecule has 6 nitrogen and oxygen atoms in total. The van der Waals surface area contributed by atoms with Gasteiger partial charge in [0.25, 0.3) is 0 Å². The molecule has 1 saturated heterocycles. The van der Waals surface area contributed by atoms with E-state index < -0.39 is 0 Å². The van der Waals surface area contributed by atoms with Gasteiger partial charge in [0, 0.05) is 49.1 Å². The lowest BCUT2D eigenvalue weighted by atomic mass is 9.97. The first-order valence-electron chi connectivity index (χ1n) is 10.5. The lowest BCUT2D eigenvalue weighted by Gasteiger charge is -2.30. The zero-order valence-corrected chi connectivity index (χ0v) is 17.1. The highest BCUT2D eigenvalue weighted by Crippen LogP contribution is 2.27. The van der Waals surface area contributed by atoms with Crippen LogP contribution in [0.4, 0.5) is 4.39 Å². The van der Waals surface area contributed by atoms with Crippen LogP contribution in [0.5, 0.6) is 0 Å². The number of hydrogen-bond acceptors (Lipinski definition) is 4. The Morgan fingerprint density at radius 2 is 2.07 bits per heavy atom. The zero-order valence-electron chi connectivity index (χ0n) is 17.1. The highest BCUT2D eigenvalue weighted by Gasteiger charge is 2.25. The second kappa shape index (κ2) is 7.99. The van der Waals surface area contributed by atoms with Gasteiger partial charge in [-0.25, -0.2) is 13.9 Å². The predicted molar refractivity (Wildman–Crippen MR) is 114 cm³/mol. The first kappa shape index (κ1) is 18.9. The first-order valence-corrected chi connectivity index (χ1v) is 10.5. The van der Waals surface area contributed by atoms with Gasteiger partial charge in [-0.05, 0) is 56.1 Å². The molecule has 1 aliphatic heterocycles. The Morgan fingerprint density at radius 3 is 2.90 bits per heavy atom. The molecule has 0 aliphatic carbocycles. The van der Waals surface area contributed by atoms with E-state index >= 15 is 0 Å². The number of likely N-dealkylation sites (tertiary alicyclic amines) is 1. The molecule has 7 heteroatoms. The summed E-state index contributed by atoms with van der Waals surface area (Å²) in [5.74, 6) is 0.969. The first-order chi connectivity index (χ1) is 14.7. The smallest absolute Gasteiger partial charge is 0.156 e. The Balaban J connectivity index is 1.34. The molecule has 30 heavy (non-hydrogen) atoms. The van der Waals surface area contributed by atoms with Gasteiger partial charge < -0.3 is 0 Å². The number of fused-ring (bicyclic) bond motifs is 1. The Hall–Kier alpha value is -3.06. The summed E-state index contributed by atoms with van der Waals surface area (Å²) in [6.45, 7) is 5.94. The van der Waals surface area contributed by atoms with Crippen molar-refractivity contribution < 1.29 is 4.39 Å². The van der Waals surface area contributed by atoms with Crippen molar-refractivity contribution in [1.29, 1.82) is 0 Å². The molecule has 1 atom stereocenters. The summed E-state index contributed by atoms with van der Waals surface area (Å²) in [4.78, 5) is 7.25. The Bertz CT molecular complexity index is 1160. The van der Waals surface area contributed by atoms with E-state index in [0.717, 1.165) is 61.6 Å². The monoisotopic (exact) mass is 404 g/mol. The summed E-state index contributed by atoms with van der Waals surface area (Å²) < 4.78 is 17.4. The highest BCUT2D eigenvalue weighted by atomic mass is 19.1. The summed E-state index contributed by atoms with van der Waals surface area (Å²) >= 11 is 0. The van der Waals surface area contributed by atoms with Crippen molar-refractivity contribution in [3.05, 3.63) is 72.2 Å². The van der Waals surface area contributed by atoms with Crippen LogP contribution in [0, 0.1) is 5.82 Å². The molecule has 154 valence electrons. The summed E-state index contributed by atoms with van der Waals surface area (Å²) in [5, 5.41) is 9.16. The SMILES string of the molecule is CCn1cc(CN2CCC[C@@H](c3nc4ccc(-c5cccc(F)c5)cn4n3)C2)cn1. The van der Waals surface area contributed by atoms with E-state index in [4.69, 9.17) is 10.1 Å². The van der Waals surface area contributed by atoms with Gasteiger partial charge in [-0.2, -0.15) is 10.2 Å². The fraction of sp³-hybridized carbons (Fsp3) is 0.348. The second-order valence-corrected chi connectivity index (χ2v) is 7.98. The maximum Gasteiger partial charge on any atom is 0.156 e. The van der Waals surface area contributed by atoms with E-state index in [2.05, 4.69) is 23.1 Å². The summed E-state index contributed by atoms with van der Waals surface area (Å²) in [6.07, 6.45) is 8.25. The molecule has 0 N–H and O–H groups in total. The van der Waals surface area contributed by atoms with Crippen molar-refractivity contribution >= 4 is 5.65 Å². The number of benzene rings is 1. The van der Waals surface area contributed by atoms with Crippen molar-refractivity contribution in [1.82, 2.24) is 29.3 Å². The van der Waals surface area contributed by atoms with Crippen LogP contribution in [0.15, 0.2) is 55.0 Å². The van der Waals surface area contributed by atoms with Crippen LogP contribution in [0.25, 0.3) is 16.8 Å². The molecule has 1 aromatic carbocycles. The summed E-state index contributed by atoms with van der Waals surface area (Å²) in [5.41, 5.74) is 3.84. The van der Waals surface area contributed by atoms with E-state index in [1.54, 1.807) is 12.1 Å². The van der Waals surface area contributed by atoms with Crippen molar-refractivity contribution in [2.24, 2.45) is 0 Å². The topological polar surface area (TPSA) is 51.2 Å². The van der Waals surface area contributed by atoms with Gasteiger partial charge in [0.15, 0.2) is 11.5 Å². The maximum atomic E-state index is 13.6. The van der Waals surface area contributed by atoms with E-state index in [0.29, 0.717) is 5.92 Å². The van der Waals surface area contributed by atoms with Gasteiger partial charge in [0.2, 0.25) is 0 Å². The number of piperidine rings is 1. The Morgan fingerprint density at radius 1 is 1.13 bits per heavy atom. The third-order valence-corrected chi connectivity index (χ3v) is 5.79. The second-order valence-electron chi connectivity index (χ2n) is 7.98. The third kappa shape index (κ3) is 3.85. The number of nitrogens with zero attached hydrogens (tertiary/aromatic N) is 6. The van der Waals surface area contributed by atoms with Gasteiger partial charge in [-0.3, -0.25) is 9.58 Å². The average molecular weight is 404 g/mol. The fourth-order valence-corrected chi connectivity index (χ4v) is 4.24. The number of pyridine rings is 1. The lowest BCUT2D eigenvalue weighted by molar-refractivity contribution is 0.196. The van der Waals surface area contributed by atoms with Crippen LogP contribution < -0.4 is 0 Å². The quantitative estimate of drug-likeness (QED) is 0.502. The molecule has 0 amide bonds. The predicted octanol–water partition coefficient (Wildman–Crippen LogP) is 4.13. The number of aromatic nitrogens is 5. The van der Waals surface area contributed by atoms with Crippen LogP contribution in [0.1, 0.15) is 37.1 Å². The summed E-state index contributed by atoms with van der Waals surface area (Å²) in [6, 6.07) is 10.6. The van der Waals surface area contributed by atoms with E-state index in [-0.39, 0.29) is 5.82 Å². The fourth-order valence-electron chi connectivity index (χ4n) is 4.24.